The van der Waals surface area contributed by atoms with E-state index in [0.717, 1.165) is 19.3 Å². The summed E-state index contributed by atoms with van der Waals surface area (Å²) in [6, 6.07) is 3.12. The molecular formula is C25H44N2O3. The molecule has 0 aliphatic carbocycles. The molecule has 1 aromatic rings. The lowest BCUT2D eigenvalue weighted by Crippen LogP contribution is -2.50. The standard InChI is InChI=1S/C25H44N2O3/c1-4-6-7-8-9-10-11-12-13-14-15-18-23(28)27-24(21(3)5-2)25(29)26-20-22-17-16-19-30-22/h16-17,19,21,24H,4-15,18,20H2,1-3H3,(H,26,29)(H,27,28). The van der Waals surface area contributed by atoms with Crippen molar-refractivity contribution < 1.29 is 14.0 Å². The van der Waals surface area contributed by atoms with Crippen LogP contribution >= 0.6 is 0 Å². The van der Waals surface area contributed by atoms with E-state index in [-0.39, 0.29) is 17.7 Å². The summed E-state index contributed by atoms with van der Waals surface area (Å²) in [6.07, 6.45) is 16.8. The molecule has 0 spiro atoms. The summed E-state index contributed by atoms with van der Waals surface area (Å²) in [5.74, 6) is 0.624. The molecule has 2 amide bonds. The van der Waals surface area contributed by atoms with Gasteiger partial charge in [0.2, 0.25) is 11.8 Å². The SMILES string of the molecule is CCCCCCCCCCCCCC(=O)NC(C(=O)NCc1ccco1)C(C)CC. The second-order valence-corrected chi connectivity index (χ2v) is 8.51. The highest BCUT2D eigenvalue weighted by Crippen LogP contribution is 2.13. The lowest BCUT2D eigenvalue weighted by Gasteiger charge is -2.23. The van der Waals surface area contributed by atoms with Gasteiger partial charge in [0.05, 0.1) is 12.8 Å². The normalized spacial score (nSPS) is 13.0. The van der Waals surface area contributed by atoms with Crippen molar-refractivity contribution in [2.45, 2.75) is 117 Å². The minimum absolute atomic E-state index is 0.0237. The highest BCUT2D eigenvalue weighted by molar-refractivity contribution is 5.87. The van der Waals surface area contributed by atoms with E-state index in [1.54, 1.807) is 12.3 Å². The van der Waals surface area contributed by atoms with Crippen LogP contribution in [0.25, 0.3) is 0 Å². The Kier molecular flexibility index (Phi) is 14.8. The van der Waals surface area contributed by atoms with Crippen LogP contribution in [0.1, 0.15) is 110 Å². The van der Waals surface area contributed by atoms with Gasteiger partial charge in [0.25, 0.3) is 0 Å². The Hall–Kier alpha value is -1.78. The molecule has 2 unspecified atom stereocenters. The first kappa shape index (κ1) is 26.3. The molecule has 2 N–H and O–H groups in total. The summed E-state index contributed by atoms with van der Waals surface area (Å²) in [6.45, 7) is 6.63. The van der Waals surface area contributed by atoms with E-state index in [1.165, 1.54) is 57.8 Å². The van der Waals surface area contributed by atoms with Crippen molar-refractivity contribution in [2.75, 3.05) is 0 Å². The van der Waals surface area contributed by atoms with Crippen LogP contribution < -0.4 is 10.6 Å². The van der Waals surface area contributed by atoms with Gasteiger partial charge in [-0.05, 0) is 24.5 Å². The molecule has 0 aliphatic rings. The molecule has 1 heterocycles. The Labute approximate surface area is 183 Å². The number of nitrogens with one attached hydrogen (secondary N) is 2. The Bertz CT molecular complexity index is 557. The number of hydrogen-bond acceptors (Lipinski definition) is 3. The zero-order chi connectivity index (χ0) is 22.0. The van der Waals surface area contributed by atoms with Crippen LogP contribution in [-0.2, 0) is 16.1 Å². The average molecular weight is 421 g/mol. The van der Waals surface area contributed by atoms with Gasteiger partial charge in [0, 0.05) is 6.42 Å². The zero-order valence-electron chi connectivity index (χ0n) is 19.5. The first-order valence-electron chi connectivity index (χ1n) is 12.2. The lowest BCUT2D eigenvalue weighted by molar-refractivity contribution is -0.130. The number of furan rings is 1. The largest absolute Gasteiger partial charge is 0.467 e. The van der Waals surface area contributed by atoms with E-state index in [2.05, 4.69) is 17.6 Å². The second kappa shape index (κ2) is 17.0. The van der Waals surface area contributed by atoms with Crippen molar-refractivity contribution in [3.05, 3.63) is 24.2 Å². The van der Waals surface area contributed by atoms with Gasteiger partial charge in [0.15, 0.2) is 0 Å². The molecule has 1 rings (SSSR count). The van der Waals surface area contributed by atoms with E-state index in [1.807, 2.05) is 19.9 Å². The molecule has 0 fully saturated rings. The summed E-state index contributed by atoms with van der Waals surface area (Å²) in [5.41, 5.74) is 0. The number of hydrogen-bond donors (Lipinski definition) is 2. The molecule has 172 valence electrons. The minimum atomic E-state index is -0.495. The number of carbonyl (C=O) groups excluding carboxylic acids is 2. The molecule has 1 aromatic heterocycles. The maximum Gasteiger partial charge on any atom is 0.243 e. The number of amides is 2. The van der Waals surface area contributed by atoms with E-state index < -0.39 is 6.04 Å². The van der Waals surface area contributed by atoms with Crippen LogP contribution in [0, 0.1) is 5.92 Å². The predicted octanol–water partition coefficient (Wildman–Crippen LogP) is 6.13. The molecule has 0 radical (unpaired) electrons. The van der Waals surface area contributed by atoms with E-state index in [4.69, 9.17) is 4.42 Å². The van der Waals surface area contributed by atoms with E-state index >= 15 is 0 Å². The van der Waals surface area contributed by atoms with E-state index in [9.17, 15) is 9.59 Å². The second-order valence-electron chi connectivity index (χ2n) is 8.51. The molecule has 0 aromatic carbocycles. The van der Waals surface area contributed by atoms with Gasteiger partial charge in [-0.25, -0.2) is 0 Å². The van der Waals surface area contributed by atoms with Gasteiger partial charge >= 0.3 is 0 Å². The van der Waals surface area contributed by atoms with Crippen LogP contribution in [-0.4, -0.2) is 17.9 Å². The summed E-state index contributed by atoms with van der Waals surface area (Å²) in [5, 5.41) is 5.82. The van der Waals surface area contributed by atoms with Crippen LogP contribution in [0.3, 0.4) is 0 Å². The predicted molar refractivity (Wildman–Crippen MR) is 123 cm³/mol. The maximum atomic E-state index is 12.6. The Morgan fingerprint density at radius 2 is 1.53 bits per heavy atom. The third-order valence-electron chi connectivity index (χ3n) is 5.84. The van der Waals surface area contributed by atoms with Crippen molar-refractivity contribution in [3.8, 4) is 0 Å². The van der Waals surface area contributed by atoms with Gasteiger partial charge < -0.3 is 15.1 Å². The number of rotatable bonds is 18. The first-order valence-corrected chi connectivity index (χ1v) is 12.2. The molecule has 2 atom stereocenters. The molecule has 5 heteroatoms. The highest BCUT2D eigenvalue weighted by Gasteiger charge is 2.25. The fourth-order valence-electron chi connectivity index (χ4n) is 3.59. The molecule has 0 aliphatic heterocycles. The topological polar surface area (TPSA) is 71.3 Å². The molecule has 0 bridgehead atoms. The molecule has 5 nitrogen and oxygen atoms in total. The monoisotopic (exact) mass is 420 g/mol. The van der Waals surface area contributed by atoms with Gasteiger partial charge in [-0.2, -0.15) is 0 Å². The molecule has 0 saturated heterocycles. The van der Waals surface area contributed by atoms with Crippen LogP contribution in [0.15, 0.2) is 22.8 Å². The molecular weight excluding hydrogens is 376 g/mol. The van der Waals surface area contributed by atoms with Crippen molar-refractivity contribution in [2.24, 2.45) is 5.92 Å². The Balaban J connectivity index is 2.17. The van der Waals surface area contributed by atoms with Crippen molar-refractivity contribution in [3.63, 3.8) is 0 Å². The van der Waals surface area contributed by atoms with E-state index in [0.29, 0.717) is 18.7 Å². The summed E-state index contributed by atoms with van der Waals surface area (Å²) >= 11 is 0. The summed E-state index contributed by atoms with van der Waals surface area (Å²) in [7, 11) is 0. The highest BCUT2D eigenvalue weighted by atomic mass is 16.3. The number of carbonyl (C=O) groups is 2. The van der Waals surface area contributed by atoms with Gasteiger partial charge in [-0.1, -0.05) is 91.4 Å². The molecule has 30 heavy (non-hydrogen) atoms. The fraction of sp³-hybridized carbons (Fsp3) is 0.760. The zero-order valence-corrected chi connectivity index (χ0v) is 19.5. The summed E-state index contributed by atoms with van der Waals surface area (Å²) in [4.78, 5) is 24.9. The Morgan fingerprint density at radius 1 is 0.933 bits per heavy atom. The maximum absolute atomic E-state index is 12.6. The fourth-order valence-corrected chi connectivity index (χ4v) is 3.59. The van der Waals surface area contributed by atoms with Crippen LogP contribution in [0.2, 0.25) is 0 Å². The van der Waals surface area contributed by atoms with Crippen molar-refractivity contribution in [1.82, 2.24) is 10.6 Å². The smallest absolute Gasteiger partial charge is 0.243 e. The Morgan fingerprint density at radius 3 is 2.07 bits per heavy atom. The third-order valence-corrected chi connectivity index (χ3v) is 5.84. The quantitative estimate of drug-likeness (QED) is 0.281. The molecule has 0 saturated carbocycles. The third kappa shape index (κ3) is 12.0. The van der Waals surface area contributed by atoms with Crippen molar-refractivity contribution >= 4 is 11.8 Å². The van der Waals surface area contributed by atoms with Gasteiger partial charge in [-0.15, -0.1) is 0 Å². The summed E-state index contributed by atoms with van der Waals surface area (Å²) < 4.78 is 5.25. The average Bonchev–Trinajstić information content (AvgIpc) is 3.27. The van der Waals surface area contributed by atoms with Crippen molar-refractivity contribution in [1.29, 1.82) is 0 Å². The van der Waals surface area contributed by atoms with Gasteiger partial charge in [0.1, 0.15) is 11.8 Å². The first-order chi connectivity index (χ1) is 14.6. The van der Waals surface area contributed by atoms with Crippen LogP contribution in [0.5, 0.6) is 0 Å². The lowest BCUT2D eigenvalue weighted by atomic mass is 9.98. The number of unbranched alkanes of at least 4 members (excludes halogenated alkanes) is 10. The van der Waals surface area contributed by atoms with Gasteiger partial charge in [-0.3, -0.25) is 9.59 Å². The minimum Gasteiger partial charge on any atom is -0.467 e. The van der Waals surface area contributed by atoms with Crippen LogP contribution in [0.4, 0.5) is 0 Å².